The van der Waals surface area contributed by atoms with E-state index in [9.17, 15) is 4.79 Å². The van der Waals surface area contributed by atoms with Crippen LogP contribution in [0.1, 0.15) is 38.5 Å². The van der Waals surface area contributed by atoms with Crippen LogP contribution < -0.4 is 0 Å². The molecule has 0 bridgehead atoms. The van der Waals surface area contributed by atoms with Gasteiger partial charge in [-0.2, -0.15) is 11.8 Å². The summed E-state index contributed by atoms with van der Waals surface area (Å²) in [5.41, 5.74) is 0. The number of ether oxygens (including phenoxy) is 1. The Morgan fingerprint density at radius 1 is 1.19 bits per heavy atom. The Hall–Kier alpha value is -0.640. The molecule has 0 aliphatic carbocycles. The number of thioether (sulfide) groups is 1. The van der Waals surface area contributed by atoms with E-state index in [1.165, 1.54) is 31.4 Å². The molecule has 0 aromatic heterocycles. The van der Waals surface area contributed by atoms with Crippen LogP contribution in [0.3, 0.4) is 0 Å². The highest BCUT2D eigenvalue weighted by Gasteiger charge is 1.95. The molecule has 0 aliphatic rings. The van der Waals surface area contributed by atoms with Crippen molar-refractivity contribution in [3.63, 3.8) is 0 Å². The van der Waals surface area contributed by atoms with Gasteiger partial charge in [0.25, 0.3) is 0 Å². The molecular weight excluding hydrogens is 224 g/mol. The SMILES string of the molecule is C=CCSCCCCCCCCOC(=O)O. The standard InChI is InChI=1S/C12H22O3S/c1-2-10-16-11-8-6-4-3-5-7-9-15-12(13)14/h2H,1,3-11H2,(H,13,14). The van der Waals surface area contributed by atoms with Crippen LogP contribution in [0.25, 0.3) is 0 Å². The summed E-state index contributed by atoms with van der Waals surface area (Å²) in [5.74, 6) is 2.26. The molecule has 0 aromatic carbocycles. The van der Waals surface area contributed by atoms with Crippen molar-refractivity contribution in [2.45, 2.75) is 38.5 Å². The Kier molecular flexibility index (Phi) is 11.9. The molecule has 0 heterocycles. The van der Waals surface area contributed by atoms with Crippen LogP contribution in [0, 0.1) is 0 Å². The van der Waals surface area contributed by atoms with Crippen LogP contribution in [0.2, 0.25) is 0 Å². The van der Waals surface area contributed by atoms with Gasteiger partial charge in [-0.15, -0.1) is 6.58 Å². The molecule has 0 fully saturated rings. The summed E-state index contributed by atoms with van der Waals surface area (Å²) >= 11 is 1.93. The Labute approximate surface area is 102 Å². The molecule has 0 rings (SSSR count). The topological polar surface area (TPSA) is 46.5 Å². The number of unbranched alkanes of at least 4 members (excludes halogenated alkanes) is 5. The van der Waals surface area contributed by atoms with E-state index in [-0.39, 0.29) is 0 Å². The third-order valence-corrected chi connectivity index (χ3v) is 3.19. The maximum Gasteiger partial charge on any atom is 0.505 e. The maximum absolute atomic E-state index is 10.0. The van der Waals surface area contributed by atoms with Crippen LogP contribution in [0.4, 0.5) is 4.79 Å². The fraction of sp³-hybridized carbons (Fsp3) is 0.750. The molecular formula is C12H22O3S. The largest absolute Gasteiger partial charge is 0.505 e. The van der Waals surface area contributed by atoms with Gasteiger partial charge in [-0.3, -0.25) is 0 Å². The van der Waals surface area contributed by atoms with E-state index in [2.05, 4.69) is 11.3 Å². The molecule has 4 heteroatoms. The summed E-state index contributed by atoms with van der Waals surface area (Å²) in [6.45, 7) is 4.01. The van der Waals surface area contributed by atoms with Gasteiger partial charge in [0, 0.05) is 5.75 Å². The molecule has 94 valence electrons. The highest BCUT2D eigenvalue weighted by Crippen LogP contribution is 2.09. The fourth-order valence-electron chi connectivity index (χ4n) is 1.34. The van der Waals surface area contributed by atoms with Crippen molar-refractivity contribution in [1.29, 1.82) is 0 Å². The summed E-state index contributed by atoms with van der Waals surface area (Å²) in [7, 11) is 0. The summed E-state index contributed by atoms with van der Waals surface area (Å²) in [5, 5.41) is 8.23. The average molecular weight is 246 g/mol. The summed E-state index contributed by atoms with van der Waals surface area (Å²) < 4.78 is 4.42. The second kappa shape index (κ2) is 12.4. The molecule has 0 spiro atoms. The molecule has 3 nitrogen and oxygen atoms in total. The smallest absolute Gasteiger partial charge is 0.450 e. The number of hydrogen-bond donors (Lipinski definition) is 1. The van der Waals surface area contributed by atoms with Gasteiger partial charge in [-0.1, -0.05) is 31.8 Å². The van der Waals surface area contributed by atoms with Gasteiger partial charge in [0.1, 0.15) is 0 Å². The minimum absolute atomic E-state index is 0.338. The molecule has 0 atom stereocenters. The minimum Gasteiger partial charge on any atom is -0.450 e. The Bertz CT molecular complexity index is 183. The summed E-state index contributed by atoms with van der Waals surface area (Å²) in [6, 6.07) is 0. The van der Waals surface area contributed by atoms with E-state index in [0.717, 1.165) is 18.6 Å². The number of carboxylic acid groups (broad SMARTS) is 1. The fourth-order valence-corrected chi connectivity index (χ4v) is 2.08. The lowest BCUT2D eigenvalue weighted by Crippen LogP contribution is -2.01. The molecule has 0 unspecified atom stereocenters. The van der Waals surface area contributed by atoms with Gasteiger partial charge < -0.3 is 9.84 Å². The molecule has 16 heavy (non-hydrogen) atoms. The Morgan fingerprint density at radius 3 is 2.44 bits per heavy atom. The Morgan fingerprint density at radius 2 is 1.81 bits per heavy atom. The first-order chi connectivity index (χ1) is 7.77. The zero-order chi connectivity index (χ0) is 12.1. The van der Waals surface area contributed by atoms with Crippen LogP contribution in [-0.2, 0) is 4.74 Å². The number of carbonyl (C=O) groups is 1. The average Bonchev–Trinajstić information content (AvgIpc) is 2.25. The van der Waals surface area contributed by atoms with Crippen molar-refractivity contribution in [3.05, 3.63) is 12.7 Å². The van der Waals surface area contributed by atoms with Crippen LogP contribution >= 0.6 is 11.8 Å². The lowest BCUT2D eigenvalue weighted by atomic mass is 10.1. The van der Waals surface area contributed by atoms with E-state index in [1.54, 1.807) is 0 Å². The second-order valence-corrected chi connectivity index (χ2v) is 4.75. The zero-order valence-corrected chi connectivity index (χ0v) is 10.6. The lowest BCUT2D eigenvalue weighted by Gasteiger charge is -2.02. The van der Waals surface area contributed by atoms with Gasteiger partial charge in [0.2, 0.25) is 0 Å². The van der Waals surface area contributed by atoms with E-state index in [1.807, 2.05) is 17.8 Å². The van der Waals surface area contributed by atoms with Gasteiger partial charge in [-0.05, 0) is 18.6 Å². The van der Waals surface area contributed by atoms with E-state index < -0.39 is 6.16 Å². The van der Waals surface area contributed by atoms with Crippen molar-refractivity contribution in [2.24, 2.45) is 0 Å². The van der Waals surface area contributed by atoms with Gasteiger partial charge in [0.15, 0.2) is 0 Å². The first kappa shape index (κ1) is 15.4. The van der Waals surface area contributed by atoms with Crippen molar-refractivity contribution in [3.8, 4) is 0 Å². The van der Waals surface area contributed by atoms with Crippen LogP contribution in [0.5, 0.6) is 0 Å². The lowest BCUT2D eigenvalue weighted by molar-refractivity contribution is 0.0899. The predicted octanol–water partition coefficient (Wildman–Crippen LogP) is 3.94. The summed E-state index contributed by atoms with van der Waals surface area (Å²) in [4.78, 5) is 10.0. The second-order valence-electron chi connectivity index (χ2n) is 3.60. The van der Waals surface area contributed by atoms with Gasteiger partial charge >= 0.3 is 6.16 Å². The molecule has 0 aliphatic heterocycles. The predicted molar refractivity (Wildman–Crippen MR) is 69.2 cm³/mol. The van der Waals surface area contributed by atoms with Crippen LogP contribution in [0.15, 0.2) is 12.7 Å². The van der Waals surface area contributed by atoms with Gasteiger partial charge in [0.05, 0.1) is 6.61 Å². The number of hydrogen-bond acceptors (Lipinski definition) is 3. The first-order valence-corrected chi connectivity index (χ1v) is 6.97. The highest BCUT2D eigenvalue weighted by molar-refractivity contribution is 7.99. The Balaban J connectivity index is 2.93. The van der Waals surface area contributed by atoms with E-state index in [0.29, 0.717) is 6.61 Å². The quantitative estimate of drug-likeness (QED) is 0.341. The molecule has 0 saturated carbocycles. The molecule has 0 radical (unpaired) electrons. The highest BCUT2D eigenvalue weighted by atomic mass is 32.2. The van der Waals surface area contributed by atoms with Gasteiger partial charge in [-0.25, -0.2) is 4.79 Å². The molecule has 0 saturated heterocycles. The first-order valence-electron chi connectivity index (χ1n) is 5.81. The third kappa shape index (κ3) is 13.4. The molecule has 0 amide bonds. The normalized spacial score (nSPS) is 10.0. The zero-order valence-electron chi connectivity index (χ0n) is 9.82. The third-order valence-electron chi connectivity index (χ3n) is 2.14. The number of rotatable bonds is 11. The molecule has 0 aromatic rings. The monoisotopic (exact) mass is 246 g/mol. The molecule has 1 N–H and O–H groups in total. The van der Waals surface area contributed by atoms with Crippen LogP contribution in [-0.4, -0.2) is 29.4 Å². The van der Waals surface area contributed by atoms with E-state index in [4.69, 9.17) is 5.11 Å². The van der Waals surface area contributed by atoms with Crippen molar-refractivity contribution >= 4 is 17.9 Å². The van der Waals surface area contributed by atoms with Crippen molar-refractivity contribution < 1.29 is 14.6 Å². The van der Waals surface area contributed by atoms with Crippen molar-refractivity contribution in [2.75, 3.05) is 18.1 Å². The van der Waals surface area contributed by atoms with Crippen molar-refractivity contribution in [1.82, 2.24) is 0 Å². The van der Waals surface area contributed by atoms with E-state index >= 15 is 0 Å². The minimum atomic E-state index is -1.17. The maximum atomic E-state index is 10.0. The summed E-state index contributed by atoms with van der Waals surface area (Å²) in [6.07, 6.45) is 7.63.